The number of aromatic nitrogens is 2. The summed E-state index contributed by atoms with van der Waals surface area (Å²) in [6.07, 6.45) is 4.66. The van der Waals surface area contributed by atoms with Gasteiger partial charge in [-0.2, -0.15) is 5.10 Å². The Bertz CT molecular complexity index is 1020. The van der Waals surface area contributed by atoms with Crippen molar-refractivity contribution in [3.8, 4) is 0 Å². The van der Waals surface area contributed by atoms with Crippen LogP contribution in [0.4, 0.5) is 5.82 Å². The molecule has 0 unspecified atom stereocenters. The Kier molecular flexibility index (Phi) is 5.78. The Morgan fingerprint density at radius 1 is 1.22 bits per heavy atom. The summed E-state index contributed by atoms with van der Waals surface area (Å²) in [6, 6.07) is 10.0. The molecule has 0 saturated carbocycles. The molecule has 3 aromatic rings. The Morgan fingerprint density at radius 3 is 2.74 bits per heavy atom. The second kappa shape index (κ2) is 8.24. The summed E-state index contributed by atoms with van der Waals surface area (Å²) in [5, 5.41) is 7.89. The minimum Gasteiger partial charge on any atom is -0.456 e. The molecule has 3 rings (SSSR count). The third-order valence-electron chi connectivity index (χ3n) is 3.60. The summed E-state index contributed by atoms with van der Waals surface area (Å²) in [4.78, 5) is 23.3. The van der Waals surface area contributed by atoms with Crippen molar-refractivity contribution in [3.05, 3.63) is 75.8 Å². The van der Waals surface area contributed by atoms with E-state index in [0.717, 1.165) is 0 Å². The molecule has 2 aromatic heterocycles. The molecule has 0 fully saturated rings. The number of hydrogen-bond donors (Lipinski definition) is 1. The number of rotatable bonds is 6. The quantitative estimate of drug-likeness (QED) is 0.478. The number of ketones is 1. The van der Waals surface area contributed by atoms with Crippen LogP contribution in [0, 0.1) is 0 Å². The lowest BCUT2D eigenvalue weighted by Crippen LogP contribution is -2.09. The van der Waals surface area contributed by atoms with Crippen molar-refractivity contribution in [1.82, 2.24) is 9.78 Å². The van der Waals surface area contributed by atoms with E-state index in [1.165, 1.54) is 13.0 Å². The van der Waals surface area contributed by atoms with Crippen LogP contribution in [0.25, 0.3) is 6.08 Å². The number of amides is 1. The highest BCUT2D eigenvalue weighted by Crippen LogP contribution is 2.22. The van der Waals surface area contributed by atoms with E-state index in [4.69, 9.17) is 27.6 Å². The van der Waals surface area contributed by atoms with E-state index in [-0.39, 0.29) is 11.7 Å². The van der Waals surface area contributed by atoms with Gasteiger partial charge >= 0.3 is 0 Å². The molecule has 0 saturated heterocycles. The Hall–Kier alpha value is -2.83. The third kappa shape index (κ3) is 5.09. The summed E-state index contributed by atoms with van der Waals surface area (Å²) in [7, 11) is 0. The van der Waals surface area contributed by atoms with Gasteiger partial charge < -0.3 is 9.73 Å². The topological polar surface area (TPSA) is 77.1 Å². The number of carbonyl (C=O) groups excluding carboxylic acids is 2. The standard InChI is InChI=1S/C19H15Cl2N3O3/c1-12(25)17-6-5-15(27-17)11-24-9-8-18(23-24)22-19(26)7-3-13-2-4-14(20)10-16(13)21/h2-10H,11H2,1H3,(H,22,23,26)/b7-3-. The molecule has 1 amide bonds. The molecule has 8 heteroatoms. The molecule has 0 aliphatic rings. The van der Waals surface area contributed by atoms with Crippen molar-refractivity contribution in [2.75, 3.05) is 5.32 Å². The smallest absolute Gasteiger partial charge is 0.249 e. The fourth-order valence-corrected chi connectivity index (χ4v) is 2.77. The van der Waals surface area contributed by atoms with Crippen LogP contribution in [0.2, 0.25) is 10.0 Å². The first-order valence-electron chi connectivity index (χ1n) is 7.98. The molecule has 2 heterocycles. The van der Waals surface area contributed by atoms with Crippen LogP contribution in [-0.4, -0.2) is 21.5 Å². The van der Waals surface area contributed by atoms with Crippen LogP contribution < -0.4 is 5.32 Å². The van der Waals surface area contributed by atoms with E-state index in [0.29, 0.717) is 39.5 Å². The molecular formula is C19H15Cl2N3O3. The molecule has 0 aliphatic heterocycles. The van der Waals surface area contributed by atoms with Crippen LogP contribution in [0.3, 0.4) is 0 Å². The van der Waals surface area contributed by atoms with Gasteiger partial charge in [-0.25, -0.2) is 0 Å². The Labute approximate surface area is 165 Å². The van der Waals surface area contributed by atoms with Crippen LogP contribution in [0.5, 0.6) is 0 Å². The average molecular weight is 404 g/mol. The third-order valence-corrected chi connectivity index (χ3v) is 4.16. The zero-order valence-electron chi connectivity index (χ0n) is 14.3. The minimum atomic E-state index is -0.344. The number of nitrogens with zero attached hydrogens (tertiary/aromatic N) is 2. The minimum absolute atomic E-state index is 0.137. The van der Waals surface area contributed by atoms with E-state index in [9.17, 15) is 9.59 Å². The lowest BCUT2D eigenvalue weighted by molar-refractivity contribution is -0.111. The predicted octanol–water partition coefficient (Wildman–Crippen LogP) is 4.69. The van der Waals surface area contributed by atoms with Crippen molar-refractivity contribution < 1.29 is 14.0 Å². The van der Waals surface area contributed by atoms with Gasteiger partial charge in [0, 0.05) is 35.3 Å². The van der Waals surface area contributed by atoms with Gasteiger partial charge in [0.25, 0.3) is 0 Å². The van der Waals surface area contributed by atoms with E-state index in [1.54, 1.807) is 53.4 Å². The SMILES string of the molecule is CC(=O)c1ccc(Cn2ccc(NC(=O)/C=C\c3ccc(Cl)cc3Cl)n2)o1. The Balaban J connectivity index is 1.60. The van der Waals surface area contributed by atoms with Crippen LogP contribution >= 0.6 is 23.2 Å². The van der Waals surface area contributed by atoms with Crippen LogP contribution in [-0.2, 0) is 11.3 Å². The molecule has 1 N–H and O–H groups in total. The molecular weight excluding hydrogens is 389 g/mol. The highest BCUT2D eigenvalue weighted by atomic mass is 35.5. The zero-order valence-corrected chi connectivity index (χ0v) is 15.8. The fraction of sp³-hybridized carbons (Fsp3) is 0.105. The van der Waals surface area contributed by atoms with Gasteiger partial charge in [-0.05, 0) is 35.9 Å². The van der Waals surface area contributed by atoms with Crippen LogP contribution in [0.1, 0.15) is 28.8 Å². The summed E-state index contributed by atoms with van der Waals surface area (Å²) >= 11 is 11.9. The fourth-order valence-electron chi connectivity index (χ4n) is 2.30. The maximum atomic E-state index is 12.0. The monoisotopic (exact) mass is 403 g/mol. The first kappa shape index (κ1) is 18.9. The molecule has 0 bridgehead atoms. The van der Waals surface area contributed by atoms with Gasteiger partial charge in [0.15, 0.2) is 17.4 Å². The number of nitrogens with one attached hydrogen (secondary N) is 1. The van der Waals surface area contributed by atoms with Crippen LogP contribution in [0.15, 0.2) is 53.1 Å². The predicted molar refractivity (Wildman–Crippen MR) is 104 cm³/mol. The van der Waals surface area contributed by atoms with E-state index < -0.39 is 0 Å². The largest absolute Gasteiger partial charge is 0.456 e. The normalized spacial score (nSPS) is 11.1. The van der Waals surface area contributed by atoms with Gasteiger partial charge in [0.1, 0.15) is 5.76 Å². The lowest BCUT2D eigenvalue weighted by atomic mass is 10.2. The van der Waals surface area contributed by atoms with Crippen molar-refractivity contribution >= 4 is 46.8 Å². The number of anilines is 1. The number of carbonyl (C=O) groups is 2. The Morgan fingerprint density at radius 2 is 2.04 bits per heavy atom. The van der Waals surface area contributed by atoms with E-state index in [1.807, 2.05) is 0 Å². The van der Waals surface area contributed by atoms with E-state index >= 15 is 0 Å². The number of hydrogen-bond acceptors (Lipinski definition) is 4. The first-order valence-corrected chi connectivity index (χ1v) is 8.73. The molecule has 1 aromatic carbocycles. The molecule has 0 radical (unpaired) electrons. The van der Waals surface area contributed by atoms with Crippen molar-refractivity contribution in [2.45, 2.75) is 13.5 Å². The second-order valence-electron chi connectivity index (χ2n) is 5.71. The molecule has 0 spiro atoms. The van der Waals surface area contributed by atoms with Gasteiger partial charge in [-0.1, -0.05) is 29.3 Å². The van der Waals surface area contributed by atoms with Crippen molar-refractivity contribution in [1.29, 1.82) is 0 Å². The van der Waals surface area contributed by atoms with Crippen molar-refractivity contribution in [3.63, 3.8) is 0 Å². The maximum absolute atomic E-state index is 12.0. The number of halogens is 2. The summed E-state index contributed by atoms with van der Waals surface area (Å²) in [5.41, 5.74) is 0.681. The van der Waals surface area contributed by atoms with E-state index in [2.05, 4.69) is 10.4 Å². The number of Topliss-reactive ketones (excluding diaryl/α,β-unsaturated/α-hetero) is 1. The number of benzene rings is 1. The highest BCUT2D eigenvalue weighted by molar-refractivity contribution is 6.35. The summed E-state index contributed by atoms with van der Waals surface area (Å²) in [5.74, 6) is 0.811. The zero-order chi connectivity index (χ0) is 19.4. The lowest BCUT2D eigenvalue weighted by Gasteiger charge is -2.00. The second-order valence-corrected chi connectivity index (χ2v) is 6.55. The van der Waals surface area contributed by atoms with Gasteiger partial charge in [0.05, 0.1) is 6.54 Å². The first-order chi connectivity index (χ1) is 12.9. The number of furan rings is 1. The molecule has 27 heavy (non-hydrogen) atoms. The molecule has 0 aliphatic carbocycles. The van der Waals surface area contributed by atoms with Gasteiger partial charge in [-0.15, -0.1) is 0 Å². The van der Waals surface area contributed by atoms with Crippen molar-refractivity contribution in [2.24, 2.45) is 0 Å². The average Bonchev–Trinajstić information content (AvgIpc) is 3.24. The molecule has 138 valence electrons. The molecule has 0 atom stereocenters. The van der Waals surface area contributed by atoms with Gasteiger partial charge in [-0.3, -0.25) is 14.3 Å². The molecule has 6 nitrogen and oxygen atoms in total. The highest BCUT2D eigenvalue weighted by Gasteiger charge is 2.08. The van der Waals surface area contributed by atoms with Gasteiger partial charge in [0.2, 0.25) is 5.91 Å². The maximum Gasteiger partial charge on any atom is 0.249 e. The summed E-state index contributed by atoms with van der Waals surface area (Å²) < 4.78 is 7.01. The summed E-state index contributed by atoms with van der Waals surface area (Å²) in [6.45, 7) is 1.79.